The van der Waals surface area contributed by atoms with Crippen LogP contribution >= 0.6 is 0 Å². The molecule has 0 aliphatic carbocycles. The third-order valence-corrected chi connectivity index (χ3v) is 5.87. The van der Waals surface area contributed by atoms with Crippen LogP contribution in [0.5, 0.6) is 11.5 Å². The van der Waals surface area contributed by atoms with E-state index in [2.05, 4.69) is 26.0 Å². The summed E-state index contributed by atoms with van der Waals surface area (Å²) in [6.07, 6.45) is 0. The van der Waals surface area contributed by atoms with Crippen molar-refractivity contribution < 1.29 is 9.47 Å². The van der Waals surface area contributed by atoms with E-state index in [0.717, 1.165) is 45.1 Å². The molecule has 33 heavy (non-hydrogen) atoms. The van der Waals surface area contributed by atoms with E-state index >= 15 is 0 Å². The maximum Gasteiger partial charge on any atom is 0.123 e. The molecule has 0 radical (unpaired) electrons. The van der Waals surface area contributed by atoms with E-state index in [1.165, 1.54) is 0 Å². The predicted octanol–water partition coefficient (Wildman–Crippen LogP) is 6.33. The summed E-state index contributed by atoms with van der Waals surface area (Å²) in [5.74, 6) is 1.71. The van der Waals surface area contributed by atoms with Gasteiger partial charge in [-0.3, -0.25) is 0 Å². The largest absolute Gasteiger partial charge is 0.489 e. The number of rotatable bonds is 8. The average molecular weight is 439 g/mol. The number of nitrogens with two attached hydrogens (primary N) is 2. The second-order valence-electron chi connectivity index (χ2n) is 8.68. The zero-order valence-electron chi connectivity index (χ0n) is 19.1. The smallest absolute Gasteiger partial charge is 0.123 e. The summed E-state index contributed by atoms with van der Waals surface area (Å²) in [5.41, 5.74) is 17.1. The van der Waals surface area contributed by atoms with Gasteiger partial charge in [-0.2, -0.15) is 0 Å². The number of ether oxygens (including phenoxy) is 2. The van der Waals surface area contributed by atoms with Crippen LogP contribution in [0.15, 0.2) is 97.1 Å². The zero-order valence-corrected chi connectivity index (χ0v) is 19.1. The second kappa shape index (κ2) is 9.70. The molecule has 0 bridgehead atoms. The molecule has 4 aromatic rings. The molecule has 0 saturated heterocycles. The molecule has 4 aromatic carbocycles. The molecule has 0 spiro atoms. The topological polar surface area (TPSA) is 70.5 Å². The van der Waals surface area contributed by atoms with Crippen molar-refractivity contribution in [1.82, 2.24) is 0 Å². The van der Waals surface area contributed by atoms with E-state index in [-0.39, 0.29) is 5.41 Å². The Morgan fingerprint density at radius 2 is 0.909 bits per heavy atom. The predicted molar refractivity (Wildman–Crippen MR) is 135 cm³/mol. The lowest BCUT2D eigenvalue weighted by Gasteiger charge is -2.30. The van der Waals surface area contributed by atoms with Gasteiger partial charge in [-0.15, -0.1) is 0 Å². The van der Waals surface area contributed by atoms with Crippen LogP contribution in [0.4, 0.5) is 11.4 Å². The molecular formula is C29H30N2O2. The van der Waals surface area contributed by atoms with Crippen molar-refractivity contribution in [2.45, 2.75) is 32.5 Å². The minimum Gasteiger partial charge on any atom is -0.489 e. The minimum atomic E-state index is -0.338. The summed E-state index contributed by atoms with van der Waals surface area (Å²) < 4.78 is 12.5. The minimum absolute atomic E-state index is 0.338. The lowest BCUT2D eigenvalue weighted by molar-refractivity contribution is 0.291. The Morgan fingerprint density at radius 3 is 1.30 bits per heavy atom. The summed E-state index contributed by atoms with van der Waals surface area (Å²) in [6.45, 7) is 5.35. The van der Waals surface area contributed by atoms with Gasteiger partial charge in [-0.25, -0.2) is 0 Å². The Labute approximate surface area is 195 Å². The molecule has 0 aliphatic rings. The van der Waals surface area contributed by atoms with Crippen LogP contribution in [0.25, 0.3) is 0 Å². The van der Waals surface area contributed by atoms with Gasteiger partial charge in [0.2, 0.25) is 0 Å². The van der Waals surface area contributed by atoms with Crippen molar-refractivity contribution in [1.29, 1.82) is 0 Å². The molecule has 4 N–H and O–H groups in total. The molecule has 0 amide bonds. The molecule has 0 atom stereocenters. The van der Waals surface area contributed by atoms with Crippen LogP contribution in [0.3, 0.4) is 0 Å². The van der Waals surface area contributed by atoms with E-state index in [4.69, 9.17) is 20.9 Å². The highest BCUT2D eigenvalue weighted by Crippen LogP contribution is 2.41. The number of anilines is 2. The second-order valence-corrected chi connectivity index (χ2v) is 8.68. The number of hydrogen-bond acceptors (Lipinski definition) is 4. The van der Waals surface area contributed by atoms with Crippen molar-refractivity contribution in [2.24, 2.45) is 0 Å². The van der Waals surface area contributed by atoms with E-state index in [1.54, 1.807) is 0 Å². The molecule has 0 aromatic heterocycles. The van der Waals surface area contributed by atoms with Gasteiger partial charge in [0.15, 0.2) is 0 Å². The Morgan fingerprint density at radius 1 is 0.545 bits per heavy atom. The maximum atomic E-state index is 6.26. The van der Waals surface area contributed by atoms with Gasteiger partial charge in [0.1, 0.15) is 24.7 Å². The summed E-state index contributed by atoms with van der Waals surface area (Å²) in [7, 11) is 0. The van der Waals surface area contributed by atoms with E-state index in [1.807, 2.05) is 84.9 Å². The molecule has 4 nitrogen and oxygen atoms in total. The van der Waals surface area contributed by atoms with Gasteiger partial charge in [0, 0.05) is 27.9 Å². The van der Waals surface area contributed by atoms with Crippen molar-refractivity contribution >= 4 is 11.4 Å². The highest BCUT2D eigenvalue weighted by atomic mass is 16.5. The fourth-order valence-corrected chi connectivity index (χ4v) is 3.91. The normalized spacial score (nSPS) is 11.2. The first-order valence-corrected chi connectivity index (χ1v) is 11.1. The van der Waals surface area contributed by atoms with Crippen LogP contribution in [-0.4, -0.2) is 0 Å². The zero-order chi connectivity index (χ0) is 23.3. The molecule has 0 unspecified atom stereocenters. The van der Waals surface area contributed by atoms with Gasteiger partial charge in [0.05, 0.1) is 0 Å². The molecular weight excluding hydrogens is 408 g/mol. The molecule has 168 valence electrons. The van der Waals surface area contributed by atoms with Gasteiger partial charge >= 0.3 is 0 Å². The van der Waals surface area contributed by atoms with E-state index in [9.17, 15) is 0 Å². The van der Waals surface area contributed by atoms with Gasteiger partial charge in [0.25, 0.3) is 0 Å². The molecule has 0 heterocycles. The first-order chi connectivity index (χ1) is 15.9. The summed E-state index contributed by atoms with van der Waals surface area (Å²) in [4.78, 5) is 0. The lowest BCUT2D eigenvalue weighted by Crippen LogP contribution is -2.21. The Bertz CT molecular complexity index is 1100. The molecule has 4 rings (SSSR count). The van der Waals surface area contributed by atoms with Crippen molar-refractivity contribution in [2.75, 3.05) is 11.5 Å². The van der Waals surface area contributed by atoms with Crippen LogP contribution < -0.4 is 20.9 Å². The number of para-hydroxylation sites is 2. The lowest BCUT2D eigenvalue weighted by atomic mass is 9.77. The summed E-state index contributed by atoms with van der Waals surface area (Å²) in [5, 5.41) is 0. The van der Waals surface area contributed by atoms with E-state index < -0.39 is 0 Å². The van der Waals surface area contributed by atoms with Crippen molar-refractivity contribution in [3.63, 3.8) is 0 Å². The fraction of sp³-hybridized carbons (Fsp3) is 0.172. The molecule has 0 saturated carbocycles. The quantitative estimate of drug-likeness (QED) is 0.315. The van der Waals surface area contributed by atoms with Gasteiger partial charge in [-0.05, 0) is 47.5 Å². The number of nitrogen functional groups attached to an aromatic ring is 2. The highest BCUT2D eigenvalue weighted by Gasteiger charge is 2.29. The van der Waals surface area contributed by atoms with Crippen LogP contribution in [0.1, 0.15) is 36.1 Å². The van der Waals surface area contributed by atoms with Gasteiger partial charge in [-0.1, -0.05) is 74.5 Å². The van der Waals surface area contributed by atoms with E-state index in [0.29, 0.717) is 13.2 Å². The first kappa shape index (κ1) is 22.3. The number of benzene rings is 4. The Balaban J connectivity index is 1.58. The first-order valence-electron chi connectivity index (χ1n) is 11.1. The Kier molecular flexibility index (Phi) is 6.55. The SMILES string of the molecule is CC(C)(c1ccccc1OCc1ccc(N)cc1)c1ccccc1OCc1ccc(N)cc1. The maximum absolute atomic E-state index is 6.26. The monoisotopic (exact) mass is 438 g/mol. The molecule has 0 fully saturated rings. The highest BCUT2D eigenvalue weighted by molar-refractivity contribution is 5.51. The molecule has 0 aliphatic heterocycles. The summed E-state index contributed by atoms with van der Waals surface area (Å²) >= 11 is 0. The standard InChI is InChI=1S/C29H30N2O2/c1-29(2,25-7-3-5-9-27(25)32-19-21-11-15-23(30)16-12-21)26-8-4-6-10-28(26)33-20-22-13-17-24(31)18-14-22/h3-18H,19-20,30-31H2,1-2H3. The third-order valence-electron chi connectivity index (χ3n) is 5.87. The summed E-state index contributed by atoms with van der Waals surface area (Å²) in [6, 6.07) is 31.9. The number of hydrogen-bond donors (Lipinski definition) is 2. The van der Waals surface area contributed by atoms with Crippen molar-refractivity contribution in [3.8, 4) is 11.5 Å². The fourth-order valence-electron chi connectivity index (χ4n) is 3.91. The average Bonchev–Trinajstić information content (AvgIpc) is 2.84. The van der Waals surface area contributed by atoms with Gasteiger partial charge < -0.3 is 20.9 Å². The Hall–Kier alpha value is -3.92. The van der Waals surface area contributed by atoms with Crippen LogP contribution in [0.2, 0.25) is 0 Å². The van der Waals surface area contributed by atoms with Crippen molar-refractivity contribution in [3.05, 3.63) is 119 Å². The molecule has 4 heteroatoms. The van der Waals surface area contributed by atoms with Crippen LogP contribution in [-0.2, 0) is 18.6 Å². The third kappa shape index (κ3) is 5.29. The van der Waals surface area contributed by atoms with Crippen LogP contribution in [0, 0.1) is 0 Å².